The third-order valence-corrected chi connectivity index (χ3v) is 5.34. The van der Waals surface area contributed by atoms with Crippen LogP contribution in [0.4, 0.5) is 5.69 Å². The lowest BCUT2D eigenvalue weighted by atomic mass is 10.1. The highest BCUT2D eigenvalue weighted by atomic mass is 16.6. The van der Waals surface area contributed by atoms with Gasteiger partial charge in [0.05, 0.1) is 19.4 Å². The molecule has 0 aliphatic carbocycles. The maximum absolute atomic E-state index is 13.3. The number of fused-ring (bicyclic) bond motifs is 1. The number of nitrogens with one attached hydrogen (secondary N) is 1. The Labute approximate surface area is 197 Å². The number of hydrogen-bond acceptors (Lipinski definition) is 6. The average molecular weight is 459 g/mol. The molecule has 0 saturated carbocycles. The van der Waals surface area contributed by atoms with Gasteiger partial charge in [0.25, 0.3) is 5.91 Å². The molecular weight excluding hydrogens is 434 g/mol. The molecule has 1 N–H and O–H groups in total. The number of benzene rings is 3. The van der Waals surface area contributed by atoms with Crippen molar-refractivity contribution < 1.29 is 28.2 Å². The summed E-state index contributed by atoms with van der Waals surface area (Å²) in [5.41, 5.74) is 2.14. The summed E-state index contributed by atoms with van der Waals surface area (Å²) < 4.78 is 22.3. The molecule has 34 heavy (non-hydrogen) atoms. The molecule has 7 nitrogen and oxygen atoms in total. The van der Waals surface area contributed by atoms with E-state index in [1.165, 1.54) is 0 Å². The molecule has 7 heteroatoms. The van der Waals surface area contributed by atoms with Crippen LogP contribution in [0.15, 0.2) is 77.2 Å². The van der Waals surface area contributed by atoms with Crippen LogP contribution in [-0.2, 0) is 9.53 Å². The van der Waals surface area contributed by atoms with Crippen LogP contribution in [0.1, 0.15) is 34.7 Å². The molecule has 174 valence electrons. The first-order valence-corrected chi connectivity index (χ1v) is 10.9. The van der Waals surface area contributed by atoms with Crippen molar-refractivity contribution in [3.05, 3.63) is 89.7 Å². The summed E-state index contributed by atoms with van der Waals surface area (Å²) in [6, 6.07) is 21.2. The summed E-state index contributed by atoms with van der Waals surface area (Å²) >= 11 is 0. The van der Waals surface area contributed by atoms with Crippen LogP contribution in [0.3, 0.4) is 0 Å². The number of aryl methyl sites for hydroxylation is 1. The van der Waals surface area contributed by atoms with Crippen molar-refractivity contribution >= 4 is 28.5 Å². The molecule has 1 atom stereocenters. The predicted molar refractivity (Wildman–Crippen MR) is 128 cm³/mol. The first-order chi connectivity index (χ1) is 16.5. The normalized spacial score (nSPS) is 11.6. The van der Waals surface area contributed by atoms with Gasteiger partial charge < -0.3 is 23.9 Å². The number of hydrogen-bond donors (Lipinski definition) is 1. The number of carbonyl (C=O) groups is 2. The van der Waals surface area contributed by atoms with Crippen LogP contribution in [-0.4, -0.2) is 25.6 Å². The molecule has 0 spiro atoms. The molecular formula is C27H25NO6. The first-order valence-electron chi connectivity index (χ1n) is 10.9. The van der Waals surface area contributed by atoms with Crippen molar-refractivity contribution in [2.75, 3.05) is 19.0 Å². The zero-order valence-corrected chi connectivity index (χ0v) is 19.2. The third kappa shape index (κ3) is 4.73. The first kappa shape index (κ1) is 22.9. The van der Waals surface area contributed by atoms with E-state index >= 15 is 0 Å². The minimum absolute atomic E-state index is 0.0340. The lowest BCUT2D eigenvalue weighted by Gasteiger charge is -2.19. The Morgan fingerprint density at radius 2 is 1.74 bits per heavy atom. The van der Waals surface area contributed by atoms with Crippen molar-refractivity contribution in [3.8, 4) is 11.5 Å². The summed E-state index contributed by atoms with van der Waals surface area (Å²) in [5.74, 6) is -0.0482. The number of ether oxygens (including phenoxy) is 3. The van der Waals surface area contributed by atoms with Gasteiger partial charge in [0.15, 0.2) is 0 Å². The fourth-order valence-electron chi connectivity index (χ4n) is 3.63. The SMILES string of the molecule is CCOc1ccccc1NC(=O)[C@H](OC(=O)c1oc2ccc(OC)cc2c1C)c1ccccc1. The molecule has 0 radical (unpaired) electrons. The third-order valence-electron chi connectivity index (χ3n) is 5.34. The Balaban J connectivity index is 1.64. The summed E-state index contributed by atoms with van der Waals surface area (Å²) in [5, 5.41) is 3.55. The lowest BCUT2D eigenvalue weighted by molar-refractivity contribution is -0.125. The lowest BCUT2D eigenvalue weighted by Crippen LogP contribution is -2.26. The van der Waals surface area contributed by atoms with Gasteiger partial charge in [-0.05, 0) is 44.2 Å². The van der Waals surface area contributed by atoms with Gasteiger partial charge in [0, 0.05) is 16.5 Å². The van der Waals surface area contributed by atoms with Crippen LogP contribution in [0.5, 0.6) is 11.5 Å². The molecule has 0 bridgehead atoms. The van der Waals surface area contributed by atoms with Gasteiger partial charge in [-0.3, -0.25) is 4.79 Å². The number of amides is 1. The quantitative estimate of drug-likeness (QED) is 0.341. The van der Waals surface area contributed by atoms with E-state index in [4.69, 9.17) is 18.6 Å². The van der Waals surface area contributed by atoms with Gasteiger partial charge in [-0.15, -0.1) is 0 Å². The zero-order chi connectivity index (χ0) is 24.1. The number of esters is 1. The maximum Gasteiger partial charge on any atom is 0.375 e. The summed E-state index contributed by atoms with van der Waals surface area (Å²) in [6.07, 6.45) is -1.20. The Kier molecular flexibility index (Phi) is 6.82. The van der Waals surface area contributed by atoms with E-state index in [1.54, 1.807) is 74.7 Å². The van der Waals surface area contributed by atoms with E-state index in [1.807, 2.05) is 19.1 Å². The Morgan fingerprint density at radius 1 is 1.00 bits per heavy atom. The van der Waals surface area contributed by atoms with Gasteiger partial charge in [0.1, 0.15) is 17.1 Å². The molecule has 1 heterocycles. The average Bonchev–Trinajstić information content (AvgIpc) is 3.20. The molecule has 1 amide bonds. The van der Waals surface area contributed by atoms with Crippen LogP contribution in [0.25, 0.3) is 11.0 Å². The van der Waals surface area contributed by atoms with Gasteiger partial charge in [0.2, 0.25) is 11.9 Å². The highest BCUT2D eigenvalue weighted by molar-refractivity contribution is 6.00. The Morgan fingerprint density at radius 3 is 2.47 bits per heavy atom. The fraction of sp³-hybridized carbons (Fsp3) is 0.185. The molecule has 0 unspecified atom stereocenters. The summed E-state index contributed by atoms with van der Waals surface area (Å²) in [7, 11) is 1.57. The largest absolute Gasteiger partial charge is 0.497 e. The molecule has 0 aliphatic heterocycles. The molecule has 1 aromatic heterocycles. The number of para-hydroxylation sites is 2. The molecule has 4 rings (SSSR count). The maximum atomic E-state index is 13.3. The van der Waals surface area contributed by atoms with E-state index in [2.05, 4.69) is 5.32 Å². The van der Waals surface area contributed by atoms with Crippen LogP contribution in [0, 0.1) is 6.92 Å². The second-order valence-electron chi connectivity index (χ2n) is 7.53. The van der Waals surface area contributed by atoms with Gasteiger partial charge in [-0.2, -0.15) is 0 Å². The number of carbonyl (C=O) groups excluding carboxylic acids is 2. The highest BCUT2D eigenvalue weighted by Gasteiger charge is 2.29. The minimum Gasteiger partial charge on any atom is -0.497 e. The smallest absolute Gasteiger partial charge is 0.375 e. The Hall–Kier alpha value is -4.26. The number of rotatable bonds is 8. The standard InChI is InChI=1S/C27H25NO6/c1-4-32-23-13-9-8-12-21(23)28-26(29)25(18-10-6-5-7-11-18)34-27(30)24-17(2)20-16-19(31-3)14-15-22(20)33-24/h5-16,25H,4H2,1-3H3,(H,28,29)/t25-/m1/s1. The second-order valence-corrected chi connectivity index (χ2v) is 7.53. The topological polar surface area (TPSA) is 87.0 Å². The van der Waals surface area contributed by atoms with Crippen molar-refractivity contribution in [1.82, 2.24) is 0 Å². The second kappa shape index (κ2) is 10.1. The molecule has 0 saturated heterocycles. The van der Waals surface area contributed by atoms with Crippen molar-refractivity contribution in [3.63, 3.8) is 0 Å². The monoisotopic (exact) mass is 459 g/mol. The van der Waals surface area contributed by atoms with Gasteiger partial charge >= 0.3 is 5.97 Å². The fourth-order valence-corrected chi connectivity index (χ4v) is 3.63. The summed E-state index contributed by atoms with van der Waals surface area (Å²) in [6.45, 7) is 4.07. The number of furan rings is 1. The molecule has 0 aliphatic rings. The highest BCUT2D eigenvalue weighted by Crippen LogP contribution is 2.31. The van der Waals surface area contributed by atoms with E-state index in [0.29, 0.717) is 40.5 Å². The molecule has 4 aromatic rings. The molecule has 0 fully saturated rings. The number of methoxy groups -OCH3 is 1. The van der Waals surface area contributed by atoms with Crippen molar-refractivity contribution in [2.45, 2.75) is 20.0 Å². The van der Waals surface area contributed by atoms with Crippen LogP contribution >= 0.6 is 0 Å². The van der Waals surface area contributed by atoms with E-state index in [0.717, 1.165) is 5.39 Å². The van der Waals surface area contributed by atoms with Gasteiger partial charge in [-0.25, -0.2) is 4.79 Å². The van der Waals surface area contributed by atoms with E-state index in [-0.39, 0.29) is 5.76 Å². The Bertz CT molecular complexity index is 1310. The van der Waals surface area contributed by atoms with E-state index < -0.39 is 18.0 Å². The molecule has 3 aromatic carbocycles. The zero-order valence-electron chi connectivity index (χ0n) is 19.2. The number of anilines is 1. The van der Waals surface area contributed by atoms with Gasteiger partial charge in [-0.1, -0.05) is 42.5 Å². The van der Waals surface area contributed by atoms with Crippen molar-refractivity contribution in [1.29, 1.82) is 0 Å². The van der Waals surface area contributed by atoms with Crippen LogP contribution < -0.4 is 14.8 Å². The van der Waals surface area contributed by atoms with Crippen LogP contribution in [0.2, 0.25) is 0 Å². The van der Waals surface area contributed by atoms with E-state index in [9.17, 15) is 9.59 Å². The summed E-state index contributed by atoms with van der Waals surface area (Å²) in [4.78, 5) is 26.4. The van der Waals surface area contributed by atoms with Crippen molar-refractivity contribution in [2.24, 2.45) is 0 Å². The minimum atomic E-state index is -1.20. The predicted octanol–water partition coefficient (Wildman–Crippen LogP) is 5.69.